The highest BCUT2D eigenvalue weighted by molar-refractivity contribution is 5.81. The molecule has 84 valence electrons. The standard InChI is InChI=1S/C11H24N2O/c1-6-7-9(12)10(14)13-8(2)11(3,4)5/h8-9H,6-7,12H2,1-5H3,(H,13,14)/t8?,9-/m1/s1. The van der Waals surface area contributed by atoms with E-state index in [0.29, 0.717) is 0 Å². The molecule has 0 rings (SSSR count). The summed E-state index contributed by atoms with van der Waals surface area (Å²) < 4.78 is 0. The minimum Gasteiger partial charge on any atom is -0.352 e. The molecule has 3 nitrogen and oxygen atoms in total. The van der Waals surface area contributed by atoms with Gasteiger partial charge in [-0.1, -0.05) is 34.1 Å². The molecule has 0 aliphatic carbocycles. The highest BCUT2D eigenvalue weighted by atomic mass is 16.2. The Morgan fingerprint density at radius 3 is 2.29 bits per heavy atom. The lowest BCUT2D eigenvalue weighted by atomic mass is 9.88. The van der Waals surface area contributed by atoms with Gasteiger partial charge in [0.25, 0.3) is 0 Å². The lowest BCUT2D eigenvalue weighted by molar-refractivity contribution is -0.123. The number of hydrogen-bond donors (Lipinski definition) is 2. The molecule has 1 amide bonds. The van der Waals surface area contributed by atoms with E-state index in [1.807, 2.05) is 13.8 Å². The lowest BCUT2D eigenvalue weighted by Gasteiger charge is -2.29. The monoisotopic (exact) mass is 200 g/mol. The van der Waals surface area contributed by atoms with Crippen LogP contribution >= 0.6 is 0 Å². The lowest BCUT2D eigenvalue weighted by Crippen LogP contribution is -2.48. The number of nitrogens with two attached hydrogens (primary N) is 1. The first-order valence-corrected chi connectivity index (χ1v) is 5.35. The second kappa shape index (κ2) is 5.35. The second-order valence-electron chi connectivity index (χ2n) is 4.99. The first kappa shape index (κ1) is 13.4. The van der Waals surface area contributed by atoms with Crippen LogP contribution < -0.4 is 11.1 Å². The summed E-state index contributed by atoms with van der Waals surface area (Å²) in [5.74, 6) is -0.0331. The van der Waals surface area contributed by atoms with Crippen molar-refractivity contribution in [3.8, 4) is 0 Å². The number of rotatable bonds is 4. The zero-order valence-electron chi connectivity index (χ0n) is 10.1. The van der Waals surface area contributed by atoms with Gasteiger partial charge >= 0.3 is 0 Å². The molecule has 3 N–H and O–H groups in total. The summed E-state index contributed by atoms with van der Waals surface area (Å²) in [5, 5.41) is 2.94. The first-order valence-electron chi connectivity index (χ1n) is 5.35. The van der Waals surface area contributed by atoms with Gasteiger partial charge in [-0.15, -0.1) is 0 Å². The van der Waals surface area contributed by atoms with E-state index in [4.69, 9.17) is 5.73 Å². The fraction of sp³-hybridized carbons (Fsp3) is 0.909. The summed E-state index contributed by atoms with van der Waals surface area (Å²) in [4.78, 5) is 11.6. The fourth-order valence-corrected chi connectivity index (χ4v) is 0.979. The van der Waals surface area contributed by atoms with Gasteiger partial charge in [0.2, 0.25) is 5.91 Å². The molecule has 1 unspecified atom stereocenters. The summed E-state index contributed by atoms with van der Waals surface area (Å²) in [5.41, 5.74) is 5.79. The molecule has 0 fully saturated rings. The van der Waals surface area contributed by atoms with E-state index in [9.17, 15) is 4.79 Å². The average Bonchev–Trinajstić information content (AvgIpc) is 2.02. The SMILES string of the molecule is CCC[C@@H](N)C(=O)NC(C)C(C)(C)C. The zero-order chi connectivity index (χ0) is 11.4. The molecule has 0 saturated carbocycles. The zero-order valence-corrected chi connectivity index (χ0v) is 10.1. The molecule has 2 atom stereocenters. The third-order valence-corrected chi connectivity index (χ3v) is 2.59. The van der Waals surface area contributed by atoms with Crippen LogP contribution in [0.4, 0.5) is 0 Å². The highest BCUT2D eigenvalue weighted by Crippen LogP contribution is 2.18. The smallest absolute Gasteiger partial charge is 0.237 e. The Hall–Kier alpha value is -0.570. The topological polar surface area (TPSA) is 55.1 Å². The number of hydrogen-bond acceptors (Lipinski definition) is 2. The van der Waals surface area contributed by atoms with Crippen molar-refractivity contribution in [2.75, 3.05) is 0 Å². The van der Waals surface area contributed by atoms with E-state index >= 15 is 0 Å². The Balaban J connectivity index is 4.06. The molecule has 14 heavy (non-hydrogen) atoms. The van der Waals surface area contributed by atoms with E-state index in [1.165, 1.54) is 0 Å². The van der Waals surface area contributed by atoms with Crippen molar-refractivity contribution in [3.63, 3.8) is 0 Å². The van der Waals surface area contributed by atoms with Crippen molar-refractivity contribution in [3.05, 3.63) is 0 Å². The molecular weight excluding hydrogens is 176 g/mol. The summed E-state index contributed by atoms with van der Waals surface area (Å²) in [6, 6.07) is -0.206. The molecule has 0 saturated heterocycles. The van der Waals surface area contributed by atoms with Crippen LogP contribution in [-0.2, 0) is 4.79 Å². The van der Waals surface area contributed by atoms with Crippen molar-refractivity contribution >= 4 is 5.91 Å². The van der Waals surface area contributed by atoms with Gasteiger partial charge in [-0.05, 0) is 18.8 Å². The average molecular weight is 200 g/mol. The first-order chi connectivity index (χ1) is 6.29. The molecule has 0 aromatic carbocycles. The largest absolute Gasteiger partial charge is 0.352 e. The van der Waals surface area contributed by atoms with Crippen LogP contribution in [0.15, 0.2) is 0 Å². The van der Waals surface area contributed by atoms with E-state index in [1.54, 1.807) is 0 Å². The predicted molar refractivity (Wildman–Crippen MR) is 59.9 cm³/mol. The van der Waals surface area contributed by atoms with Gasteiger partial charge in [0.05, 0.1) is 6.04 Å². The summed E-state index contributed by atoms with van der Waals surface area (Å²) in [7, 11) is 0. The molecular formula is C11H24N2O. The van der Waals surface area contributed by atoms with Gasteiger partial charge in [0, 0.05) is 6.04 Å². The maximum atomic E-state index is 11.6. The minimum absolute atomic E-state index is 0.0331. The molecule has 0 radical (unpaired) electrons. The normalized spacial score (nSPS) is 16.1. The maximum Gasteiger partial charge on any atom is 0.237 e. The van der Waals surface area contributed by atoms with Crippen molar-refractivity contribution < 1.29 is 4.79 Å². The third-order valence-electron chi connectivity index (χ3n) is 2.59. The Bertz CT molecular complexity index is 184. The molecule has 3 heteroatoms. The summed E-state index contributed by atoms with van der Waals surface area (Å²) in [6.45, 7) is 10.3. The van der Waals surface area contributed by atoms with E-state index in [2.05, 4.69) is 26.1 Å². The maximum absolute atomic E-state index is 11.6. The van der Waals surface area contributed by atoms with Gasteiger partial charge in [-0.3, -0.25) is 4.79 Å². The number of amides is 1. The molecule has 0 bridgehead atoms. The van der Waals surface area contributed by atoms with E-state index < -0.39 is 0 Å². The second-order valence-corrected chi connectivity index (χ2v) is 4.99. The van der Waals surface area contributed by atoms with Crippen LogP contribution in [0.1, 0.15) is 47.5 Å². The van der Waals surface area contributed by atoms with Crippen LogP contribution in [-0.4, -0.2) is 18.0 Å². The van der Waals surface area contributed by atoms with Crippen molar-refractivity contribution in [1.29, 1.82) is 0 Å². The van der Waals surface area contributed by atoms with Crippen molar-refractivity contribution in [1.82, 2.24) is 5.32 Å². The molecule has 0 aliphatic heterocycles. The van der Waals surface area contributed by atoms with Crippen LogP contribution in [0.5, 0.6) is 0 Å². The van der Waals surface area contributed by atoms with Crippen LogP contribution in [0.3, 0.4) is 0 Å². The molecule has 0 heterocycles. The summed E-state index contributed by atoms with van der Waals surface area (Å²) in [6.07, 6.45) is 1.70. The van der Waals surface area contributed by atoms with Gasteiger partial charge in [0.15, 0.2) is 0 Å². The quantitative estimate of drug-likeness (QED) is 0.725. The van der Waals surface area contributed by atoms with Crippen molar-refractivity contribution in [2.45, 2.75) is 59.5 Å². The minimum atomic E-state index is -0.357. The molecule has 0 spiro atoms. The highest BCUT2D eigenvalue weighted by Gasteiger charge is 2.23. The van der Waals surface area contributed by atoms with Crippen LogP contribution in [0.2, 0.25) is 0 Å². The summed E-state index contributed by atoms with van der Waals surface area (Å²) >= 11 is 0. The van der Waals surface area contributed by atoms with Gasteiger partial charge in [-0.2, -0.15) is 0 Å². The van der Waals surface area contributed by atoms with E-state index in [-0.39, 0.29) is 23.4 Å². The van der Waals surface area contributed by atoms with E-state index in [0.717, 1.165) is 12.8 Å². The number of nitrogens with one attached hydrogen (secondary N) is 1. The number of carbonyl (C=O) groups excluding carboxylic acids is 1. The third kappa shape index (κ3) is 4.61. The van der Waals surface area contributed by atoms with Crippen LogP contribution in [0.25, 0.3) is 0 Å². The van der Waals surface area contributed by atoms with Crippen molar-refractivity contribution in [2.24, 2.45) is 11.1 Å². The van der Waals surface area contributed by atoms with Gasteiger partial charge in [-0.25, -0.2) is 0 Å². The Kier molecular flexibility index (Phi) is 5.13. The predicted octanol–water partition coefficient (Wildman–Crippen LogP) is 1.66. The molecule has 0 aromatic heterocycles. The molecule has 0 aliphatic rings. The number of carbonyl (C=O) groups is 1. The Morgan fingerprint density at radius 2 is 1.93 bits per heavy atom. The Morgan fingerprint density at radius 1 is 1.43 bits per heavy atom. The fourth-order valence-electron chi connectivity index (χ4n) is 0.979. The van der Waals surface area contributed by atoms with Crippen LogP contribution in [0, 0.1) is 5.41 Å². The molecule has 0 aromatic rings. The Labute approximate surface area is 87.4 Å². The van der Waals surface area contributed by atoms with Gasteiger partial charge < -0.3 is 11.1 Å². The van der Waals surface area contributed by atoms with Gasteiger partial charge in [0.1, 0.15) is 0 Å².